The van der Waals surface area contributed by atoms with Crippen LogP contribution in [0, 0.1) is 0 Å². The maximum Gasteiger partial charge on any atom is 0.219 e. The Morgan fingerprint density at radius 1 is 1.17 bits per heavy atom. The average Bonchev–Trinajstić information content (AvgIpc) is 2.40. The summed E-state index contributed by atoms with van der Waals surface area (Å²) >= 11 is 4.85. The van der Waals surface area contributed by atoms with Gasteiger partial charge in [-0.3, -0.25) is 0 Å². The first-order valence-corrected chi connectivity index (χ1v) is 5.68. The number of hydrogen-bond donors (Lipinski definition) is 1. The number of thiocarbonyl (C=S) groups is 1. The first-order valence-electron chi connectivity index (χ1n) is 5.27. The second-order valence-electron chi connectivity index (χ2n) is 3.50. The van der Waals surface area contributed by atoms with Gasteiger partial charge in [0.15, 0.2) is 11.5 Å². The van der Waals surface area contributed by atoms with Crippen molar-refractivity contribution in [2.75, 3.05) is 7.11 Å². The Bertz CT molecular complexity index is 555. The smallest absolute Gasteiger partial charge is 0.219 e. The lowest BCUT2D eigenvalue weighted by Gasteiger charge is -2.09. The van der Waals surface area contributed by atoms with Gasteiger partial charge in [-0.1, -0.05) is 24.4 Å². The van der Waals surface area contributed by atoms with Crippen LogP contribution in [-0.4, -0.2) is 17.1 Å². The molecule has 0 radical (unpaired) electrons. The maximum atomic E-state index is 5.61. The topological polar surface area (TPSA) is 57.4 Å². The molecule has 0 fully saturated rings. The van der Waals surface area contributed by atoms with Crippen LogP contribution in [0.25, 0.3) is 0 Å². The molecule has 1 heterocycles. The number of rotatable bonds is 4. The number of methoxy groups -OCH3 is 1. The third-order valence-corrected chi connectivity index (χ3v) is 2.54. The molecule has 4 nitrogen and oxygen atoms in total. The summed E-state index contributed by atoms with van der Waals surface area (Å²) in [6, 6.07) is 10.8. The molecule has 0 atom stereocenters. The Morgan fingerprint density at radius 2 is 1.89 bits per heavy atom. The summed E-state index contributed by atoms with van der Waals surface area (Å²) < 4.78 is 10.8. The summed E-state index contributed by atoms with van der Waals surface area (Å²) in [5, 5.41) is 0. The van der Waals surface area contributed by atoms with Crippen molar-refractivity contribution in [2.24, 2.45) is 5.73 Å². The monoisotopic (exact) mass is 260 g/mol. The molecule has 0 spiro atoms. The lowest BCUT2D eigenvalue weighted by Crippen LogP contribution is -2.09. The number of hydrogen-bond acceptors (Lipinski definition) is 4. The largest absolute Gasteiger partial charge is 0.493 e. The van der Waals surface area contributed by atoms with Crippen LogP contribution in [0.5, 0.6) is 17.4 Å². The standard InChI is InChI=1S/C13H12N2O2S/c1-16-10-4-2-3-5-11(10)17-12-7-6-9(8-15-12)13(14)18/h2-8H,1H3,(H2,14,18). The highest BCUT2D eigenvalue weighted by Gasteiger charge is 2.05. The van der Waals surface area contributed by atoms with E-state index in [1.807, 2.05) is 24.3 Å². The Kier molecular flexibility index (Phi) is 3.74. The van der Waals surface area contributed by atoms with E-state index in [1.54, 1.807) is 25.4 Å². The maximum absolute atomic E-state index is 5.61. The number of pyridine rings is 1. The van der Waals surface area contributed by atoms with E-state index in [-0.39, 0.29) is 0 Å². The van der Waals surface area contributed by atoms with Gasteiger partial charge in [0.1, 0.15) is 4.99 Å². The number of nitrogens with zero attached hydrogens (tertiary/aromatic N) is 1. The predicted octanol–water partition coefficient (Wildman–Crippen LogP) is 2.52. The lowest BCUT2D eigenvalue weighted by molar-refractivity contribution is 0.374. The highest BCUT2D eigenvalue weighted by atomic mass is 32.1. The Labute approximate surface area is 110 Å². The molecule has 2 aromatic rings. The zero-order valence-corrected chi connectivity index (χ0v) is 10.6. The van der Waals surface area contributed by atoms with Crippen molar-refractivity contribution < 1.29 is 9.47 Å². The van der Waals surface area contributed by atoms with Crippen molar-refractivity contribution in [2.45, 2.75) is 0 Å². The highest BCUT2D eigenvalue weighted by molar-refractivity contribution is 7.80. The molecule has 0 bridgehead atoms. The average molecular weight is 260 g/mol. The molecular weight excluding hydrogens is 248 g/mol. The van der Waals surface area contributed by atoms with Gasteiger partial charge in [-0.05, 0) is 18.2 Å². The van der Waals surface area contributed by atoms with Gasteiger partial charge in [-0.2, -0.15) is 0 Å². The predicted molar refractivity (Wildman–Crippen MR) is 73.2 cm³/mol. The molecule has 18 heavy (non-hydrogen) atoms. The van der Waals surface area contributed by atoms with E-state index in [0.29, 0.717) is 27.9 Å². The Morgan fingerprint density at radius 3 is 2.44 bits per heavy atom. The molecule has 5 heteroatoms. The van der Waals surface area contributed by atoms with Gasteiger partial charge in [0, 0.05) is 17.8 Å². The van der Waals surface area contributed by atoms with Crippen LogP contribution in [0.4, 0.5) is 0 Å². The van der Waals surface area contributed by atoms with Crippen LogP contribution < -0.4 is 15.2 Å². The zero-order valence-electron chi connectivity index (χ0n) is 9.79. The molecule has 1 aromatic carbocycles. The van der Waals surface area contributed by atoms with E-state index in [9.17, 15) is 0 Å². The molecule has 0 saturated heterocycles. The number of para-hydroxylation sites is 2. The lowest BCUT2D eigenvalue weighted by atomic mass is 10.3. The number of benzene rings is 1. The van der Waals surface area contributed by atoms with Gasteiger partial charge in [-0.25, -0.2) is 4.98 Å². The van der Waals surface area contributed by atoms with Crippen molar-refractivity contribution >= 4 is 17.2 Å². The van der Waals surface area contributed by atoms with Crippen molar-refractivity contribution in [1.82, 2.24) is 4.98 Å². The van der Waals surface area contributed by atoms with Crippen LogP contribution >= 0.6 is 12.2 Å². The van der Waals surface area contributed by atoms with E-state index < -0.39 is 0 Å². The number of aromatic nitrogens is 1. The van der Waals surface area contributed by atoms with Gasteiger partial charge >= 0.3 is 0 Å². The van der Waals surface area contributed by atoms with Crippen molar-refractivity contribution in [3.63, 3.8) is 0 Å². The molecule has 2 rings (SSSR count). The third kappa shape index (κ3) is 2.75. The fourth-order valence-corrected chi connectivity index (χ4v) is 1.52. The first kappa shape index (κ1) is 12.3. The van der Waals surface area contributed by atoms with Gasteiger partial charge in [0.25, 0.3) is 0 Å². The molecule has 0 aliphatic heterocycles. The third-order valence-electron chi connectivity index (χ3n) is 2.30. The number of nitrogens with two attached hydrogens (primary N) is 1. The van der Waals surface area contributed by atoms with Crippen LogP contribution in [0.2, 0.25) is 0 Å². The second kappa shape index (κ2) is 5.46. The van der Waals surface area contributed by atoms with E-state index >= 15 is 0 Å². The van der Waals surface area contributed by atoms with Gasteiger partial charge < -0.3 is 15.2 Å². The summed E-state index contributed by atoms with van der Waals surface area (Å²) in [5.74, 6) is 1.72. The summed E-state index contributed by atoms with van der Waals surface area (Å²) in [6.07, 6.45) is 1.58. The zero-order chi connectivity index (χ0) is 13.0. The van der Waals surface area contributed by atoms with Crippen molar-refractivity contribution in [3.8, 4) is 17.4 Å². The molecule has 2 N–H and O–H groups in total. The normalized spacial score (nSPS) is 9.83. The molecular formula is C13H12N2O2S. The summed E-state index contributed by atoms with van der Waals surface area (Å²) in [6.45, 7) is 0. The van der Waals surface area contributed by atoms with Crippen LogP contribution in [0.3, 0.4) is 0 Å². The molecule has 0 aliphatic rings. The van der Waals surface area contributed by atoms with E-state index in [1.165, 1.54) is 0 Å². The molecule has 0 amide bonds. The Balaban J connectivity index is 2.21. The summed E-state index contributed by atoms with van der Waals surface area (Å²) in [5.41, 5.74) is 6.20. The SMILES string of the molecule is COc1ccccc1Oc1ccc(C(N)=S)cn1. The fourth-order valence-electron chi connectivity index (χ4n) is 1.40. The van der Waals surface area contributed by atoms with E-state index in [2.05, 4.69) is 4.98 Å². The molecule has 1 aromatic heterocycles. The molecule has 0 aliphatic carbocycles. The van der Waals surface area contributed by atoms with Crippen LogP contribution in [-0.2, 0) is 0 Å². The van der Waals surface area contributed by atoms with Gasteiger partial charge in [-0.15, -0.1) is 0 Å². The first-order chi connectivity index (χ1) is 8.70. The molecule has 92 valence electrons. The summed E-state index contributed by atoms with van der Waals surface area (Å²) in [4.78, 5) is 4.44. The van der Waals surface area contributed by atoms with Crippen molar-refractivity contribution in [1.29, 1.82) is 0 Å². The van der Waals surface area contributed by atoms with Crippen molar-refractivity contribution in [3.05, 3.63) is 48.2 Å². The Hall–Kier alpha value is -2.14. The summed E-state index contributed by atoms with van der Waals surface area (Å²) in [7, 11) is 1.59. The van der Waals surface area contributed by atoms with Crippen LogP contribution in [0.1, 0.15) is 5.56 Å². The number of ether oxygens (including phenoxy) is 2. The second-order valence-corrected chi connectivity index (χ2v) is 3.94. The molecule has 0 saturated carbocycles. The minimum Gasteiger partial charge on any atom is -0.493 e. The van der Waals surface area contributed by atoms with Gasteiger partial charge in [0.2, 0.25) is 5.88 Å². The fraction of sp³-hybridized carbons (Fsp3) is 0.0769. The van der Waals surface area contributed by atoms with E-state index in [0.717, 1.165) is 0 Å². The minimum absolute atomic E-state index is 0.311. The quantitative estimate of drug-likeness (QED) is 0.856. The van der Waals surface area contributed by atoms with Crippen LogP contribution in [0.15, 0.2) is 42.6 Å². The molecule has 0 unspecified atom stereocenters. The minimum atomic E-state index is 0.311. The van der Waals surface area contributed by atoms with E-state index in [4.69, 9.17) is 27.4 Å². The van der Waals surface area contributed by atoms with Gasteiger partial charge in [0.05, 0.1) is 7.11 Å². The highest BCUT2D eigenvalue weighted by Crippen LogP contribution is 2.29.